The number of hydrogen-bond acceptors (Lipinski definition) is 4. The summed E-state index contributed by atoms with van der Waals surface area (Å²) in [6, 6.07) is 3.21. The minimum atomic E-state index is -0.284. The number of aromatic nitrogens is 4. The number of pyridine rings is 1. The van der Waals surface area contributed by atoms with Gasteiger partial charge in [0.05, 0.1) is 36.2 Å². The van der Waals surface area contributed by atoms with Crippen LogP contribution in [0.2, 0.25) is 5.02 Å². The molecule has 0 bridgehead atoms. The average molecular weight is 346 g/mol. The minimum Gasteiger partial charge on any atom is -0.394 e. The van der Waals surface area contributed by atoms with E-state index < -0.39 is 0 Å². The third-order valence-corrected chi connectivity index (χ3v) is 4.66. The maximum absolute atomic E-state index is 12.9. The van der Waals surface area contributed by atoms with Crippen LogP contribution in [-0.4, -0.2) is 47.5 Å². The molecule has 1 N–H and O–H groups in total. The first kappa shape index (κ1) is 15.2. The lowest BCUT2D eigenvalue weighted by atomic mass is 10.0. The molecule has 4 heterocycles. The van der Waals surface area contributed by atoms with Crippen LogP contribution in [0.5, 0.6) is 0 Å². The Labute approximate surface area is 143 Å². The zero-order chi connectivity index (χ0) is 16.8. The summed E-state index contributed by atoms with van der Waals surface area (Å²) >= 11 is 5.97. The Balaban J connectivity index is 1.69. The third kappa shape index (κ3) is 2.37. The average Bonchev–Trinajstić information content (AvgIpc) is 3.16. The summed E-state index contributed by atoms with van der Waals surface area (Å²) in [5.74, 6) is -0.217. The summed E-state index contributed by atoms with van der Waals surface area (Å²) in [5.41, 5.74) is 2.90. The van der Waals surface area contributed by atoms with E-state index in [1.54, 1.807) is 40.2 Å². The van der Waals surface area contributed by atoms with Crippen LogP contribution in [0.15, 0.2) is 30.9 Å². The number of nitrogens with zero attached hydrogens (tertiary/aromatic N) is 5. The molecule has 0 fully saturated rings. The van der Waals surface area contributed by atoms with Gasteiger partial charge in [0.15, 0.2) is 0 Å². The summed E-state index contributed by atoms with van der Waals surface area (Å²) in [7, 11) is 1.92. The number of carbonyl (C=O) groups excluding carboxylic acids is 1. The van der Waals surface area contributed by atoms with E-state index in [0.717, 1.165) is 11.4 Å². The Kier molecular flexibility index (Phi) is 3.54. The van der Waals surface area contributed by atoms with Gasteiger partial charge in [0.1, 0.15) is 11.3 Å². The van der Waals surface area contributed by atoms with Crippen LogP contribution in [0.4, 0.5) is 0 Å². The molecule has 124 valence electrons. The number of fused-ring (bicyclic) bond motifs is 2. The highest BCUT2D eigenvalue weighted by Crippen LogP contribution is 2.24. The Morgan fingerprint density at radius 1 is 1.42 bits per heavy atom. The van der Waals surface area contributed by atoms with Crippen molar-refractivity contribution in [3.05, 3.63) is 53.0 Å². The van der Waals surface area contributed by atoms with Gasteiger partial charge in [0.2, 0.25) is 0 Å². The zero-order valence-electron chi connectivity index (χ0n) is 13.1. The number of hydrogen-bond donors (Lipinski definition) is 1. The molecule has 7 nitrogen and oxygen atoms in total. The SMILES string of the molecule is Cn1cnc2c1C[C@H](CO)N(C(=O)c1cn3cc(Cl)ccc3n1)C2. The maximum Gasteiger partial charge on any atom is 0.274 e. The highest BCUT2D eigenvalue weighted by atomic mass is 35.5. The monoisotopic (exact) mass is 345 g/mol. The number of aryl methyl sites for hydroxylation is 1. The number of amides is 1. The Bertz CT molecular complexity index is 932. The molecule has 1 aliphatic rings. The molecule has 0 saturated carbocycles. The van der Waals surface area contributed by atoms with Crippen molar-refractivity contribution in [3.63, 3.8) is 0 Å². The summed E-state index contributed by atoms with van der Waals surface area (Å²) in [5, 5.41) is 10.3. The van der Waals surface area contributed by atoms with Crippen LogP contribution in [0, 0.1) is 0 Å². The number of aliphatic hydroxyl groups is 1. The number of imidazole rings is 2. The zero-order valence-corrected chi connectivity index (χ0v) is 13.8. The second-order valence-electron chi connectivity index (χ2n) is 5.96. The van der Waals surface area contributed by atoms with Crippen LogP contribution in [0.25, 0.3) is 5.65 Å². The fraction of sp³-hybridized carbons (Fsp3) is 0.312. The second kappa shape index (κ2) is 5.61. The van der Waals surface area contributed by atoms with E-state index in [4.69, 9.17) is 11.6 Å². The van der Waals surface area contributed by atoms with E-state index in [0.29, 0.717) is 29.3 Å². The molecule has 0 aliphatic carbocycles. The topological polar surface area (TPSA) is 75.7 Å². The van der Waals surface area contributed by atoms with Gasteiger partial charge in [-0.25, -0.2) is 9.97 Å². The van der Waals surface area contributed by atoms with E-state index in [1.165, 1.54) is 0 Å². The Morgan fingerprint density at radius 2 is 2.25 bits per heavy atom. The predicted molar refractivity (Wildman–Crippen MR) is 87.9 cm³/mol. The van der Waals surface area contributed by atoms with E-state index in [1.807, 2.05) is 11.6 Å². The molecule has 0 saturated heterocycles. The first-order valence-corrected chi connectivity index (χ1v) is 8.00. The molecule has 8 heteroatoms. The van der Waals surface area contributed by atoms with Crippen LogP contribution in [0.1, 0.15) is 21.9 Å². The van der Waals surface area contributed by atoms with Crippen LogP contribution < -0.4 is 0 Å². The number of carbonyl (C=O) groups is 1. The number of rotatable bonds is 2. The highest BCUT2D eigenvalue weighted by molar-refractivity contribution is 6.30. The van der Waals surface area contributed by atoms with Crippen molar-refractivity contribution in [3.8, 4) is 0 Å². The molecular formula is C16H16ClN5O2. The van der Waals surface area contributed by atoms with E-state index in [-0.39, 0.29) is 18.6 Å². The predicted octanol–water partition coefficient (Wildman–Crippen LogP) is 1.28. The van der Waals surface area contributed by atoms with Gasteiger partial charge in [-0.1, -0.05) is 11.6 Å². The maximum atomic E-state index is 12.9. The molecule has 1 atom stereocenters. The molecule has 1 amide bonds. The van der Waals surface area contributed by atoms with Gasteiger partial charge in [-0.05, 0) is 12.1 Å². The summed E-state index contributed by atoms with van der Waals surface area (Å²) in [6.45, 7) is 0.268. The summed E-state index contributed by atoms with van der Waals surface area (Å²) < 4.78 is 3.66. The largest absolute Gasteiger partial charge is 0.394 e. The van der Waals surface area contributed by atoms with Crippen molar-refractivity contribution in [2.24, 2.45) is 7.05 Å². The first-order chi connectivity index (χ1) is 11.6. The molecular weight excluding hydrogens is 330 g/mol. The smallest absolute Gasteiger partial charge is 0.274 e. The van der Waals surface area contributed by atoms with Gasteiger partial charge >= 0.3 is 0 Å². The van der Waals surface area contributed by atoms with Crippen molar-refractivity contribution in [2.75, 3.05) is 6.61 Å². The van der Waals surface area contributed by atoms with Gasteiger partial charge < -0.3 is 19.0 Å². The van der Waals surface area contributed by atoms with Crippen LogP contribution in [-0.2, 0) is 20.0 Å². The number of halogens is 1. The Hall–Kier alpha value is -2.38. The molecule has 4 rings (SSSR count). The molecule has 3 aromatic heterocycles. The van der Waals surface area contributed by atoms with E-state index in [2.05, 4.69) is 9.97 Å². The van der Waals surface area contributed by atoms with E-state index in [9.17, 15) is 9.90 Å². The van der Waals surface area contributed by atoms with Crippen LogP contribution in [0.3, 0.4) is 0 Å². The van der Waals surface area contributed by atoms with Gasteiger partial charge in [-0.2, -0.15) is 0 Å². The standard InChI is InChI=1S/C16H16ClN5O2/c1-20-9-18-12-7-22(11(8-23)4-14(12)20)16(24)13-6-21-5-10(17)2-3-15(21)19-13/h2-3,5-6,9,11,23H,4,7-8H2,1H3/t11-/m1/s1. The minimum absolute atomic E-state index is 0.102. The van der Waals surface area contributed by atoms with Crippen molar-refractivity contribution in [1.82, 2.24) is 23.8 Å². The van der Waals surface area contributed by atoms with Crippen molar-refractivity contribution in [1.29, 1.82) is 0 Å². The lowest BCUT2D eigenvalue weighted by Crippen LogP contribution is -2.46. The molecule has 24 heavy (non-hydrogen) atoms. The number of aliphatic hydroxyl groups excluding tert-OH is 1. The van der Waals surface area contributed by atoms with Crippen LogP contribution >= 0.6 is 11.6 Å². The molecule has 3 aromatic rings. The Morgan fingerprint density at radius 3 is 3.04 bits per heavy atom. The molecule has 0 spiro atoms. The fourth-order valence-electron chi connectivity index (χ4n) is 3.14. The fourth-order valence-corrected chi connectivity index (χ4v) is 3.31. The molecule has 0 radical (unpaired) electrons. The second-order valence-corrected chi connectivity index (χ2v) is 6.40. The molecule has 0 aromatic carbocycles. The van der Waals surface area contributed by atoms with Crippen molar-refractivity contribution in [2.45, 2.75) is 19.0 Å². The lowest BCUT2D eigenvalue weighted by molar-refractivity contribution is 0.0531. The molecule has 0 unspecified atom stereocenters. The van der Waals surface area contributed by atoms with Crippen molar-refractivity contribution < 1.29 is 9.90 Å². The van der Waals surface area contributed by atoms with E-state index >= 15 is 0 Å². The molecule has 1 aliphatic heterocycles. The van der Waals surface area contributed by atoms with Gasteiger partial charge in [-0.15, -0.1) is 0 Å². The quantitative estimate of drug-likeness (QED) is 0.759. The van der Waals surface area contributed by atoms with Gasteiger partial charge in [-0.3, -0.25) is 4.79 Å². The van der Waals surface area contributed by atoms with Crippen molar-refractivity contribution >= 4 is 23.2 Å². The third-order valence-electron chi connectivity index (χ3n) is 4.44. The first-order valence-electron chi connectivity index (χ1n) is 7.62. The summed E-state index contributed by atoms with van der Waals surface area (Å²) in [4.78, 5) is 23.3. The van der Waals surface area contributed by atoms with Gasteiger partial charge in [0, 0.05) is 31.6 Å². The lowest BCUT2D eigenvalue weighted by Gasteiger charge is -2.33. The van der Waals surface area contributed by atoms with Gasteiger partial charge in [0.25, 0.3) is 5.91 Å². The summed E-state index contributed by atoms with van der Waals surface area (Å²) in [6.07, 6.45) is 5.68. The normalized spacial score (nSPS) is 17.3. The highest BCUT2D eigenvalue weighted by Gasteiger charge is 2.33.